The van der Waals surface area contributed by atoms with Gasteiger partial charge in [0.2, 0.25) is 35.5 Å². The van der Waals surface area contributed by atoms with Crippen molar-refractivity contribution in [1.82, 2.24) is 61.2 Å². The minimum Gasteiger partial charge on any atom is -0.368 e. The van der Waals surface area contributed by atoms with Crippen molar-refractivity contribution in [2.75, 3.05) is 83.8 Å². The molecular formula is C51H68N14O8. The van der Waals surface area contributed by atoms with Crippen LogP contribution in [0, 0.1) is 0 Å². The second-order valence-corrected chi connectivity index (χ2v) is 18.6. The molecule has 0 bridgehead atoms. The molecule has 2 aliphatic heterocycles. The molecule has 6 rings (SSSR count). The number of amides is 7. The Morgan fingerprint density at radius 3 is 2.21 bits per heavy atom. The second-order valence-electron chi connectivity index (χ2n) is 18.6. The molecule has 1 aromatic carbocycles. The zero-order valence-electron chi connectivity index (χ0n) is 41.9. The van der Waals surface area contributed by atoms with Crippen LogP contribution in [0.15, 0.2) is 73.1 Å². The fourth-order valence-electron chi connectivity index (χ4n) is 8.19. The lowest BCUT2D eigenvalue weighted by molar-refractivity contribution is -0.137. The summed E-state index contributed by atoms with van der Waals surface area (Å²) < 4.78 is 5.98. The average molecular weight is 1010 g/mol. The standard InChI is InChI=1S/C51H68N14O8/c1-4-5-19-51(2,62-48-47-39(60-50(52)61-48)26-37(28-56-47)36-15-16-38(53-27-36)32-64-23-21-63(3)22-24-64)33-73-34-58-43(68)30-57-49(72)40(25-35-12-8-6-9-13-35)59-44(69)31-55-42(67)29-54-41(66)14-10-7-11-20-65-45(70)17-18-46(65)71/h6,8-9,12-13,15-18,26-28,40H,4-5,7,10-11,14,19-25,29-34H2,1-3H3,(H,54,66)(H,55,67)(H,57,72)(H,58,68)(H,59,69)(H3,52,60,61,62)/t40-,51?/m0/s1. The number of pyridine rings is 2. The molecule has 0 aliphatic carbocycles. The van der Waals surface area contributed by atoms with Crippen molar-refractivity contribution >= 4 is 64.1 Å². The van der Waals surface area contributed by atoms with Crippen LogP contribution in [0.1, 0.15) is 70.1 Å². The number of benzene rings is 1. The molecule has 8 N–H and O–H groups in total. The van der Waals surface area contributed by atoms with Gasteiger partial charge in [0.25, 0.3) is 11.8 Å². The van der Waals surface area contributed by atoms with Crippen LogP contribution in [0.4, 0.5) is 11.8 Å². The number of nitrogens with zero attached hydrogens (tertiary/aromatic N) is 7. The van der Waals surface area contributed by atoms with E-state index in [0.717, 1.165) is 72.8 Å². The van der Waals surface area contributed by atoms with E-state index in [1.165, 1.54) is 12.2 Å². The number of carbonyl (C=O) groups excluding carboxylic acids is 7. The van der Waals surface area contributed by atoms with E-state index in [9.17, 15) is 33.6 Å². The highest BCUT2D eigenvalue weighted by Gasteiger charge is 2.28. The van der Waals surface area contributed by atoms with E-state index < -0.39 is 48.3 Å². The summed E-state index contributed by atoms with van der Waals surface area (Å²) in [5.74, 6) is -2.98. The fourth-order valence-corrected chi connectivity index (χ4v) is 8.19. The molecule has 0 saturated carbocycles. The summed E-state index contributed by atoms with van der Waals surface area (Å²) in [5, 5.41) is 16.3. The lowest BCUT2D eigenvalue weighted by Gasteiger charge is -2.32. The molecule has 73 heavy (non-hydrogen) atoms. The van der Waals surface area contributed by atoms with E-state index in [2.05, 4.69) is 65.6 Å². The van der Waals surface area contributed by atoms with Gasteiger partial charge in [-0.1, -0.05) is 62.6 Å². The Balaban J connectivity index is 0.935. The van der Waals surface area contributed by atoms with Gasteiger partial charge in [0.1, 0.15) is 18.3 Å². The predicted molar refractivity (Wildman–Crippen MR) is 274 cm³/mol. The van der Waals surface area contributed by atoms with Gasteiger partial charge in [-0.25, -0.2) is 4.98 Å². The normalized spacial score (nSPS) is 15.1. The molecule has 1 fully saturated rings. The number of nitrogen functional groups attached to an aromatic ring is 1. The van der Waals surface area contributed by atoms with Crippen molar-refractivity contribution < 1.29 is 38.3 Å². The fraction of sp³-hybridized carbons (Fsp3) is 0.471. The smallest absolute Gasteiger partial charge is 0.253 e. The maximum atomic E-state index is 13.4. The van der Waals surface area contributed by atoms with Crippen molar-refractivity contribution in [3.63, 3.8) is 0 Å². The highest BCUT2D eigenvalue weighted by Crippen LogP contribution is 2.29. The molecule has 7 amide bonds. The van der Waals surface area contributed by atoms with Gasteiger partial charge >= 0.3 is 0 Å². The molecule has 5 heterocycles. The number of nitrogens with one attached hydrogen (secondary N) is 6. The monoisotopic (exact) mass is 1000 g/mol. The number of ether oxygens (including phenoxy) is 1. The SMILES string of the molecule is CCCCC(C)(COCNC(=O)CNC(=O)[C@H](Cc1ccccc1)NC(=O)CNC(=O)CNC(=O)CCCCCN1C(=O)C=CC1=O)Nc1nc(N)nc2cc(-c3ccc(CN4CCN(C)CC4)nc3)cnc12. The topological polar surface area (TPSA) is 288 Å². The van der Waals surface area contributed by atoms with Gasteiger partial charge in [-0.3, -0.25) is 53.3 Å². The maximum absolute atomic E-state index is 13.4. The quantitative estimate of drug-likeness (QED) is 0.0241. The van der Waals surface area contributed by atoms with E-state index in [4.69, 9.17) is 20.4 Å². The van der Waals surface area contributed by atoms with E-state index in [-0.39, 0.29) is 62.9 Å². The minimum absolute atomic E-state index is 0.0757. The Labute approximate surface area is 425 Å². The summed E-state index contributed by atoms with van der Waals surface area (Å²) in [6.45, 7) is 8.01. The molecule has 22 heteroatoms. The van der Waals surface area contributed by atoms with Crippen LogP contribution in [0.3, 0.4) is 0 Å². The van der Waals surface area contributed by atoms with Gasteiger partial charge in [-0.15, -0.1) is 0 Å². The highest BCUT2D eigenvalue weighted by molar-refractivity contribution is 6.12. The molecule has 2 atom stereocenters. The third-order valence-corrected chi connectivity index (χ3v) is 12.4. The Morgan fingerprint density at radius 2 is 1.48 bits per heavy atom. The van der Waals surface area contributed by atoms with Crippen LogP contribution >= 0.6 is 0 Å². The lowest BCUT2D eigenvalue weighted by Crippen LogP contribution is -2.52. The number of aromatic nitrogens is 4. The van der Waals surface area contributed by atoms with E-state index in [1.54, 1.807) is 30.5 Å². The Kier molecular flexibility index (Phi) is 20.6. The largest absolute Gasteiger partial charge is 0.368 e. The van der Waals surface area contributed by atoms with Crippen LogP contribution in [0.25, 0.3) is 22.2 Å². The number of anilines is 2. The third-order valence-electron chi connectivity index (χ3n) is 12.4. The van der Waals surface area contributed by atoms with Crippen molar-refractivity contribution in [3.8, 4) is 11.1 Å². The van der Waals surface area contributed by atoms with E-state index in [0.29, 0.717) is 42.5 Å². The zero-order chi connectivity index (χ0) is 52.2. The zero-order valence-corrected chi connectivity index (χ0v) is 41.9. The van der Waals surface area contributed by atoms with Crippen LogP contribution in [0.5, 0.6) is 0 Å². The number of fused-ring (bicyclic) bond motifs is 1. The molecule has 3 aromatic heterocycles. The highest BCUT2D eigenvalue weighted by atomic mass is 16.5. The van der Waals surface area contributed by atoms with Gasteiger partial charge in [0.05, 0.1) is 43.0 Å². The Morgan fingerprint density at radius 1 is 0.781 bits per heavy atom. The summed E-state index contributed by atoms with van der Waals surface area (Å²) in [4.78, 5) is 112. The average Bonchev–Trinajstić information content (AvgIpc) is 3.70. The molecule has 0 radical (unpaired) electrons. The molecule has 1 saturated heterocycles. The third kappa shape index (κ3) is 17.7. The number of unbranched alkanes of at least 4 members (excludes halogenated alkanes) is 3. The number of hydrogen-bond donors (Lipinski definition) is 7. The second kappa shape index (κ2) is 27.4. The molecule has 2 aliphatic rings. The summed E-state index contributed by atoms with van der Waals surface area (Å²) in [6, 6.07) is 13.9. The lowest BCUT2D eigenvalue weighted by atomic mass is 9.95. The molecule has 4 aromatic rings. The number of hydrogen-bond acceptors (Lipinski definition) is 16. The summed E-state index contributed by atoms with van der Waals surface area (Å²) in [7, 11) is 2.14. The first-order valence-electron chi connectivity index (χ1n) is 24.8. The Bertz CT molecular complexity index is 2560. The van der Waals surface area contributed by atoms with E-state index >= 15 is 0 Å². The molecule has 390 valence electrons. The van der Waals surface area contributed by atoms with Gasteiger partial charge in [0, 0.05) is 87.8 Å². The number of carbonyl (C=O) groups is 7. The predicted octanol–water partition coefficient (Wildman–Crippen LogP) is 1.43. The van der Waals surface area contributed by atoms with Gasteiger partial charge in [0.15, 0.2) is 5.82 Å². The summed E-state index contributed by atoms with van der Waals surface area (Å²) in [6.07, 6.45) is 10.4. The van der Waals surface area contributed by atoms with Gasteiger partial charge in [-0.05, 0) is 50.9 Å². The minimum atomic E-state index is -1.09. The van der Waals surface area contributed by atoms with Crippen LogP contribution in [0.2, 0.25) is 0 Å². The van der Waals surface area contributed by atoms with Gasteiger partial charge < -0.3 is 47.3 Å². The molecule has 22 nitrogen and oxygen atoms in total. The van der Waals surface area contributed by atoms with Crippen LogP contribution < -0.4 is 37.6 Å². The number of likely N-dealkylation sites (N-methyl/N-ethyl adjacent to an activating group) is 1. The number of imide groups is 1. The van der Waals surface area contributed by atoms with Crippen LogP contribution in [-0.2, 0) is 51.3 Å². The maximum Gasteiger partial charge on any atom is 0.253 e. The molecule has 0 spiro atoms. The first-order valence-corrected chi connectivity index (χ1v) is 24.8. The van der Waals surface area contributed by atoms with Crippen LogP contribution in [-0.4, -0.2) is 160 Å². The molecular weight excluding hydrogens is 937 g/mol. The number of rotatable bonds is 28. The van der Waals surface area contributed by atoms with Crippen molar-refractivity contribution in [2.24, 2.45) is 0 Å². The number of nitrogens with two attached hydrogens (primary N) is 1. The summed E-state index contributed by atoms with van der Waals surface area (Å²) in [5.41, 5.74) is 10.2. The first-order chi connectivity index (χ1) is 35.2. The molecule has 1 unspecified atom stereocenters. The Hall–Kier alpha value is -7.43. The van der Waals surface area contributed by atoms with Crippen molar-refractivity contribution in [3.05, 3.63) is 84.3 Å². The van der Waals surface area contributed by atoms with E-state index in [1.807, 2.05) is 37.4 Å². The van der Waals surface area contributed by atoms with Crippen molar-refractivity contribution in [1.29, 1.82) is 0 Å². The first kappa shape index (κ1) is 54.9. The van der Waals surface area contributed by atoms with Crippen molar-refractivity contribution in [2.45, 2.75) is 83.3 Å². The van der Waals surface area contributed by atoms with Gasteiger partial charge in [-0.2, -0.15) is 4.98 Å². The summed E-state index contributed by atoms with van der Waals surface area (Å²) >= 11 is 0. The number of piperazine rings is 1.